The van der Waals surface area contributed by atoms with Crippen molar-refractivity contribution in [1.82, 2.24) is 10.2 Å². The van der Waals surface area contributed by atoms with E-state index in [-0.39, 0.29) is 30.4 Å². The fourth-order valence-corrected chi connectivity index (χ4v) is 4.00. The summed E-state index contributed by atoms with van der Waals surface area (Å²) in [6.45, 7) is 0.948. The van der Waals surface area contributed by atoms with Crippen molar-refractivity contribution in [2.24, 2.45) is 0 Å². The second-order valence-corrected chi connectivity index (χ2v) is 6.17. The molecule has 22 heavy (non-hydrogen) atoms. The van der Waals surface area contributed by atoms with Gasteiger partial charge in [0.2, 0.25) is 0 Å². The lowest BCUT2D eigenvalue weighted by atomic mass is 9.95. The Bertz CT molecular complexity index is 642. The first-order chi connectivity index (χ1) is 10.3. The van der Waals surface area contributed by atoms with E-state index in [4.69, 9.17) is 0 Å². The minimum absolute atomic E-state index is 0. The van der Waals surface area contributed by atoms with E-state index in [0.29, 0.717) is 6.04 Å². The predicted octanol–water partition coefficient (Wildman–Crippen LogP) is 1.89. The Morgan fingerprint density at radius 3 is 3.05 bits per heavy atom. The molecule has 2 N–H and O–H groups in total. The molecule has 5 nitrogen and oxygen atoms in total. The standard InChI is InChI=1S/C16H18N4O.ClH/c17-9-20-12-2-4-15(20)14(8-12)19-16(21)11-1-3-13-10(7-11)5-6-18-13;/h1,3,7,12,14-15,18H,2,4-6,8H2,(H,19,21);1H/t12-,14+,15+;/m0./s1. The van der Waals surface area contributed by atoms with Crippen molar-refractivity contribution in [2.75, 3.05) is 11.9 Å². The van der Waals surface area contributed by atoms with Crippen molar-refractivity contribution in [2.45, 2.75) is 43.8 Å². The van der Waals surface area contributed by atoms with Crippen LogP contribution >= 0.6 is 12.4 Å². The number of benzene rings is 1. The molecule has 6 heteroatoms. The van der Waals surface area contributed by atoms with Crippen LogP contribution in [0.1, 0.15) is 35.2 Å². The Labute approximate surface area is 136 Å². The molecule has 4 rings (SSSR count). The third-order valence-corrected chi connectivity index (χ3v) is 5.05. The number of fused-ring (bicyclic) bond motifs is 3. The molecule has 1 amide bonds. The molecule has 1 aromatic carbocycles. The molecule has 2 saturated heterocycles. The molecular weight excluding hydrogens is 300 g/mol. The number of nitrogens with zero attached hydrogens (tertiary/aromatic N) is 2. The third kappa shape index (κ3) is 2.28. The molecule has 1 aromatic rings. The largest absolute Gasteiger partial charge is 0.384 e. The van der Waals surface area contributed by atoms with E-state index in [2.05, 4.69) is 16.8 Å². The van der Waals surface area contributed by atoms with Crippen LogP contribution in [0.5, 0.6) is 0 Å². The van der Waals surface area contributed by atoms with E-state index in [1.165, 1.54) is 5.56 Å². The first kappa shape index (κ1) is 15.0. The van der Waals surface area contributed by atoms with Gasteiger partial charge in [-0.15, -0.1) is 12.4 Å². The number of rotatable bonds is 2. The maximum Gasteiger partial charge on any atom is 0.251 e. The number of amides is 1. The lowest BCUT2D eigenvalue weighted by molar-refractivity contribution is 0.0928. The molecule has 0 spiro atoms. The van der Waals surface area contributed by atoms with E-state index in [1.54, 1.807) is 0 Å². The number of nitrogens with one attached hydrogen (secondary N) is 2. The summed E-state index contributed by atoms with van der Waals surface area (Å²) in [6.07, 6.45) is 6.24. The van der Waals surface area contributed by atoms with Crippen molar-refractivity contribution in [3.8, 4) is 6.19 Å². The predicted molar refractivity (Wildman–Crippen MR) is 86.0 cm³/mol. The Morgan fingerprint density at radius 2 is 2.27 bits per heavy atom. The summed E-state index contributed by atoms with van der Waals surface area (Å²) in [5, 5.41) is 15.6. The van der Waals surface area contributed by atoms with Crippen LogP contribution < -0.4 is 10.6 Å². The van der Waals surface area contributed by atoms with Gasteiger partial charge in [-0.25, -0.2) is 0 Å². The zero-order valence-electron chi connectivity index (χ0n) is 12.2. The van der Waals surface area contributed by atoms with Gasteiger partial charge in [0, 0.05) is 23.8 Å². The highest BCUT2D eigenvalue weighted by molar-refractivity contribution is 5.95. The van der Waals surface area contributed by atoms with Crippen LogP contribution in [0.25, 0.3) is 0 Å². The van der Waals surface area contributed by atoms with Gasteiger partial charge in [0.15, 0.2) is 6.19 Å². The minimum Gasteiger partial charge on any atom is -0.384 e. The number of carbonyl (C=O) groups excluding carboxylic acids is 1. The van der Waals surface area contributed by atoms with Crippen molar-refractivity contribution >= 4 is 24.0 Å². The molecule has 116 valence electrons. The second kappa shape index (κ2) is 5.69. The summed E-state index contributed by atoms with van der Waals surface area (Å²) in [4.78, 5) is 14.3. The summed E-state index contributed by atoms with van der Waals surface area (Å²) in [5.41, 5.74) is 3.08. The topological polar surface area (TPSA) is 68.2 Å². The number of hydrogen-bond donors (Lipinski definition) is 2. The maximum atomic E-state index is 12.4. The van der Waals surface area contributed by atoms with Gasteiger partial charge in [-0.1, -0.05) is 0 Å². The lowest BCUT2D eigenvalue weighted by Gasteiger charge is -2.22. The zero-order chi connectivity index (χ0) is 14.4. The van der Waals surface area contributed by atoms with E-state index in [0.717, 1.165) is 43.5 Å². The van der Waals surface area contributed by atoms with Crippen LogP contribution in [-0.4, -0.2) is 35.5 Å². The molecule has 0 saturated carbocycles. The molecule has 3 aliphatic rings. The van der Waals surface area contributed by atoms with Crippen LogP contribution in [0.4, 0.5) is 5.69 Å². The van der Waals surface area contributed by atoms with Gasteiger partial charge in [0.25, 0.3) is 5.91 Å². The number of hydrogen-bond acceptors (Lipinski definition) is 4. The Balaban J connectivity index is 0.00000144. The van der Waals surface area contributed by atoms with Gasteiger partial charge < -0.3 is 15.5 Å². The van der Waals surface area contributed by atoms with Crippen LogP contribution in [0.15, 0.2) is 18.2 Å². The maximum absolute atomic E-state index is 12.4. The summed E-state index contributed by atoms with van der Waals surface area (Å²) < 4.78 is 0. The third-order valence-electron chi connectivity index (χ3n) is 5.05. The Kier molecular flexibility index (Phi) is 3.88. The molecule has 0 aliphatic carbocycles. The molecule has 0 unspecified atom stereocenters. The molecule has 0 radical (unpaired) electrons. The van der Waals surface area contributed by atoms with Crippen molar-refractivity contribution < 1.29 is 4.79 Å². The normalized spacial score (nSPS) is 27.6. The highest BCUT2D eigenvalue weighted by Crippen LogP contribution is 2.37. The molecule has 3 heterocycles. The van der Waals surface area contributed by atoms with Gasteiger partial charge in [0.05, 0.1) is 12.1 Å². The highest BCUT2D eigenvalue weighted by atomic mass is 35.5. The summed E-state index contributed by atoms with van der Waals surface area (Å²) in [6, 6.07) is 6.48. The van der Waals surface area contributed by atoms with Crippen molar-refractivity contribution in [3.05, 3.63) is 29.3 Å². The fraction of sp³-hybridized carbons (Fsp3) is 0.500. The average molecular weight is 319 g/mol. The SMILES string of the molecule is Cl.N#CN1[C@H]2CC[C@@H]1[C@H](NC(=O)c1ccc3c(c1)CCN3)C2. The summed E-state index contributed by atoms with van der Waals surface area (Å²) in [5.74, 6) is -0.0138. The van der Waals surface area contributed by atoms with Gasteiger partial charge >= 0.3 is 0 Å². The Hall–Kier alpha value is -1.93. The zero-order valence-corrected chi connectivity index (χ0v) is 13.0. The molecule has 3 atom stereocenters. The summed E-state index contributed by atoms with van der Waals surface area (Å²) in [7, 11) is 0. The van der Waals surface area contributed by atoms with E-state index >= 15 is 0 Å². The van der Waals surface area contributed by atoms with Crippen LogP contribution in [0, 0.1) is 11.5 Å². The monoisotopic (exact) mass is 318 g/mol. The molecule has 0 aromatic heterocycles. The molecule has 2 fully saturated rings. The lowest BCUT2D eigenvalue weighted by Crippen LogP contribution is -2.43. The Morgan fingerprint density at radius 1 is 1.41 bits per heavy atom. The fourth-order valence-electron chi connectivity index (χ4n) is 4.00. The van der Waals surface area contributed by atoms with Crippen LogP contribution in [0.2, 0.25) is 0 Å². The summed E-state index contributed by atoms with van der Waals surface area (Å²) >= 11 is 0. The quantitative estimate of drug-likeness (QED) is 0.817. The number of halogens is 1. The number of carbonyl (C=O) groups is 1. The van der Waals surface area contributed by atoms with Gasteiger partial charge in [-0.2, -0.15) is 5.26 Å². The van der Waals surface area contributed by atoms with E-state index < -0.39 is 0 Å². The van der Waals surface area contributed by atoms with E-state index in [1.807, 2.05) is 23.1 Å². The van der Waals surface area contributed by atoms with E-state index in [9.17, 15) is 10.1 Å². The first-order valence-electron chi connectivity index (χ1n) is 7.62. The second-order valence-electron chi connectivity index (χ2n) is 6.17. The number of anilines is 1. The average Bonchev–Trinajstić information content (AvgIpc) is 3.19. The first-order valence-corrected chi connectivity index (χ1v) is 7.62. The number of nitriles is 1. The van der Waals surface area contributed by atoms with Crippen LogP contribution in [-0.2, 0) is 6.42 Å². The van der Waals surface area contributed by atoms with Gasteiger partial charge in [-0.05, 0) is 49.4 Å². The van der Waals surface area contributed by atoms with Crippen molar-refractivity contribution in [1.29, 1.82) is 5.26 Å². The van der Waals surface area contributed by atoms with Crippen LogP contribution in [0.3, 0.4) is 0 Å². The molecule has 3 aliphatic heterocycles. The van der Waals surface area contributed by atoms with Gasteiger partial charge in [0.1, 0.15) is 0 Å². The van der Waals surface area contributed by atoms with Crippen molar-refractivity contribution in [3.63, 3.8) is 0 Å². The molecule has 2 bridgehead atoms. The molecular formula is C16H19ClN4O. The smallest absolute Gasteiger partial charge is 0.251 e. The minimum atomic E-state index is -0.0138. The van der Waals surface area contributed by atoms with Gasteiger partial charge in [-0.3, -0.25) is 4.79 Å². The highest BCUT2D eigenvalue weighted by Gasteiger charge is 2.46.